The van der Waals surface area contributed by atoms with E-state index in [9.17, 15) is 4.79 Å². The number of nitrogens with zero attached hydrogens (tertiary/aromatic N) is 3. The molecule has 3 aromatic rings. The van der Waals surface area contributed by atoms with E-state index in [0.717, 1.165) is 5.56 Å². The summed E-state index contributed by atoms with van der Waals surface area (Å²) < 4.78 is 9.93. The number of thioether (sulfide) groups is 1. The highest BCUT2D eigenvalue weighted by molar-refractivity contribution is 7.99. The molecule has 0 aliphatic rings. The van der Waals surface area contributed by atoms with Crippen LogP contribution in [0, 0.1) is 0 Å². The smallest absolute Gasteiger partial charge is 0.254 e. The summed E-state index contributed by atoms with van der Waals surface area (Å²) in [5.41, 5.74) is 1.65. The molecule has 2 heterocycles. The second kappa shape index (κ2) is 10.4. The van der Waals surface area contributed by atoms with Gasteiger partial charge in [0.25, 0.3) is 11.8 Å². The van der Waals surface area contributed by atoms with E-state index in [2.05, 4.69) is 20.4 Å². The fourth-order valence-corrected chi connectivity index (χ4v) is 3.15. The maximum absolute atomic E-state index is 12.5. The van der Waals surface area contributed by atoms with Gasteiger partial charge in [-0.05, 0) is 17.7 Å². The molecule has 7 nitrogen and oxygen atoms in total. The quantitative estimate of drug-likeness (QED) is 0.555. The Hall–Kier alpha value is -2.97. The molecular formula is C20H20N4O3S. The Kier molecular flexibility index (Phi) is 7.34. The van der Waals surface area contributed by atoms with Crippen molar-refractivity contribution in [2.24, 2.45) is 0 Å². The maximum Gasteiger partial charge on any atom is 0.254 e. The number of benzene rings is 1. The predicted octanol–water partition coefficient (Wildman–Crippen LogP) is 3.35. The minimum Gasteiger partial charge on any atom is -0.375 e. The summed E-state index contributed by atoms with van der Waals surface area (Å²) >= 11 is 1.50. The molecule has 0 saturated heterocycles. The summed E-state index contributed by atoms with van der Waals surface area (Å²) in [4.78, 5) is 21.0. The summed E-state index contributed by atoms with van der Waals surface area (Å²) in [7, 11) is 1.54. The van der Waals surface area contributed by atoms with Gasteiger partial charge in [-0.2, -0.15) is 4.98 Å². The fourth-order valence-electron chi connectivity index (χ4n) is 2.35. The Morgan fingerprint density at radius 3 is 2.93 bits per heavy atom. The first kappa shape index (κ1) is 19.8. The van der Waals surface area contributed by atoms with Crippen molar-refractivity contribution < 1.29 is 14.1 Å². The molecule has 28 heavy (non-hydrogen) atoms. The van der Waals surface area contributed by atoms with Crippen LogP contribution in [0.15, 0.2) is 64.3 Å². The SMILES string of the molecule is COCc1nc(CNC(=O)c2cccnc2SC/C=C/c2ccccc2)no1. The predicted molar refractivity (Wildman–Crippen MR) is 107 cm³/mol. The first-order valence-electron chi connectivity index (χ1n) is 8.64. The van der Waals surface area contributed by atoms with Gasteiger partial charge < -0.3 is 14.6 Å². The van der Waals surface area contributed by atoms with E-state index in [0.29, 0.717) is 28.1 Å². The fraction of sp³-hybridized carbons (Fsp3) is 0.200. The Bertz CT molecular complexity index is 928. The monoisotopic (exact) mass is 396 g/mol. The van der Waals surface area contributed by atoms with E-state index in [1.54, 1.807) is 25.4 Å². The van der Waals surface area contributed by atoms with Gasteiger partial charge in [0.15, 0.2) is 5.82 Å². The number of amides is 1. The first-order chi connectivity index (χ1) is 13.8. The van der Waals surface area contributed by atoms with Gasteiger partial charge in [0.05, 0.1) is 12.1 Å². The molecule has 144 valence electrons. The van der Waals surface area contributed by atoms with Crippen LogP contribution in [0.2, 0.25) is 0 Å². The van der Waals surface area contributed by atoms with E-state index in [1.807, 2.05) is 42.5 Å². The van der Waals surface area contributed by atoms with Crippen molar-refractivity contribution in [3.63, 3.8) is 0 Å². The molecule has 0 aliphatic heterocycles. The molecule has 3 rings (SSSR count). The van der Waals surface area contributed by atoms with Gasteiger partial charge in [-0.15, -0.1) is 11.8 Å². The van der Waals surface area contributed by atoms with Crippen LogP contribution in [0.4, 0.5) is 0 Å². The first-order valence-corrected chi connectivity index (χ1v) is 9.63. The number of carbonyl (C=O) groups is 1. The third kappa shape index (κ3) is 5.77. The van der Waals surface area contributed by atoms with Gasteiger partial charge in [-0.3, -0.25) is 4.79 Å². The summed E-state index contributed by atoms with van der Waals surface area (Å²) in [6.45, 7) is 0.403. The van der Waals surface area contributed by atoms with Crippen LogP contribution in [0.3, 0.4) is 0 Å². The highest BCUT2D eigenvalue weighted by Gasteiger charge is 2.13. The number of pyridine rings is 1. The van der Waals surface area contributed by atoms with Crippen molar-refractivity contribution in [2.45, 2.75) is 18.2 Å². The summed E-state index contributed by atoms with van der Waals surface area (Å²) in [5.74, 6) is 1.23. The molecule has 0 aliphatic carbocycles. The zero-order valence-electron chi connectivity index (χ0n) is 15.4. The molecule has 0 atom stereocenters. The second-order valence-electron chi connectivity index (χ2n) is 5.70. The van der Waals surface area contributed by atoms with Crippen molar-refractivity contribution in [1.82, 2.24) is 20.4 Å². The molecule has 1 N–H and O–H groups in total. The molecule has 0 fully saturated rings. The Balaban J connectivity index is 1.56. The van der Waals surface area contributed by atoms with Crippen molar-refractivity contribution in [1.29, 1.82) is 0 Å². The van der Waals surface area contributed by atoms with Gasteiger partial charge in [-0.25, -0.2) is 4.98 Å². The van der Waals surface area contributed by atoms with E-state index in [4.69, 9.17) is 9.26 Å². The third-order valence-electron chi connectivity index (χ3n) is 3.63. The molecule has 0 bridgehead atoms. The normalized spacial score (nSPS) is 11.0. The van der Waals surface area contributed by atoms with Crippen LogP contribution in [0.25, 0.3) is 6.08 Å². The van der Waals surface area contributed by atoms with Gasteiger partial charge in [0.2, 0.25) is 0 Å². The van der Waals surface area contributed by atoms with Crippen molar-refractivity contribution in [3.8, 4) is 0 Å². The largest absolute Gasteiger partial charge is 0.375 e. The number of hydrogen-bond donors (Lipinski definition) is 1. The summed E-state index contributed by atoms with van der Waals surface area (Å²) in [5, 5.41) is 7.26. The highest BCUT2D eigenvalue weighted by Crippen LogP contribution is 2.20. The molecule has 1 amide bonds. The zero-order chi connectivity index (χ0) is 19.6. The Morgan fingerprint density at radius 2 is 2.11 bits per heavy atom. The van der Waals surface area contributed by atoms with Crippen LogP contribution < -0.4 is 5.32 Å². The lowest BCUT2D eigenvalue weighted by atomic mass is 10.2. The van der Waals surface area contributed by atoms with E-state index in [-0.39, 0.29) is 19.1 Å². The highest BCUT2D eigenvalue weighted by atomic mass is 32.2. The lowest BCUT2D eigenvalue weighted by Gasteiger charge is -2.07. The van der Waals surface area contributed by atoms with Crippen molar-refractivity contribution >= 4 is 23.7 Å². The third-order valence-corrected chi connectivity index (χ3v) is 4.58. The van der Waals surface area contributed by atoms with Crippen LogP contribution >= 0.6 is 11.8 Å². The Labute approximate surface area is 167 Å². The van der Waals surface area contributed by atoms with Crippen LogP contribution in [0.5, 0.6) is 0 Å². The number of ether oxygens (including phenoxy) is 1. The van der Waals surface area contributed by atoms with Gasteiger partial charge >= 0.3 is 0 Å². The number of hydrogen-bond acceptors (Lipinski definition) is 7. The lowest BCUT2D eigenvalue weighted by Crippen LogP contribution is -2.24. The minimum atomic E-state index is -0.235. The second-order valence-corrected chi connectivity index (χ2v) is 6.71. The van der Waals surface area contributed by atoms with Crippen molar-refractivity contribution in [2.75, 3.05) is 12.9 Å². The maximum atomic E-state index is 12.5. The molecule has 8 heteroatoms. The Morgan fingerprint density at radius 1 is 1.25 bits per heavy atom. The molecule has 0 spiro atoms. The van der Waals surface area contributed by atoms with E-state index in [1.165, 1.54) is 11.8 Å². The summed E-state index contributed by atoms with van der Waals surface area (Å²) in [6.07, 6.45) is 5.77. The molecule has 1 aromatic carbocycles. The zero-order valence-corrected chi connectivity index (χ0v) is 16.2. The topological polar surface area (TPSA) is 90.1 Å². The minimum absolute atomic E-state index is 0.166. The standard InChI is InChI=1S/C20H20N4O3S/c1-26-14-18-23-17(24-27-18)13-22-19(25)16-10-5-11-21-20(16)28-12-6-9-15-7-3-2-4-8-15/h2-11H,12-14H2,1H3,(H,22,25)/b9-6+. The van der Waals surface area contributed by atoms with Crippen LogP contribution in [-0.4, -0.2) is 33.9 Å². The molecule has 0 unspecified atom stereocenters. The van der Waals surface area contributed by atoms with E-state index < -0.39 is 0 Å². The van der Waals surface area contributed by atoms with Crippen LogP contribution in [0.1, 0.15) is 27.6 Å². The number of rotatable bonds is 9. The average Bonchev–Trinajstić information content (AvgIpc) is 3.18. The molecule has 0 saturated carbocycles. The van der Waals surface area contributed by atoms with Gasteiger partial charge in [0, 0.05) is 19.1 Å². The van der Waals surface area contributed by atoms with Crippen molar-refractivity contribution in [3.05, 3.63) is 77.6 Å². The molecule has 0 radical (unpaired) electrons. The average molecular weight is 396 g/mol. The summed E-state index contributed by atoms with van der Waals surface area (Å²) in [6, 6.07) is 13.5. The van der Waals surface area contributed by atoms with Crippen LogP contribution in [-0.2, 0) is 17.9 Å². The number of nitrogens with one attached hydrogen (secondary N) is 1. The van der Waals surface area contributed by atoms with E-state index >= 15 is 0 Å². The lowest BCUT2D eigenvalue weighted by molar-refractivity contribution is 0.0946. The number of aromatic nitrogens is 3. The molecular weight excluding hydrogens is 376 g/mol. The van der Waals surface area contributed by atoms with Gasteiger partial charge in [0.1, 0.15) is 11.6 Å². The number of carbonyl (C=O) groups excluding carboxylic acids is 1. The molecule has 2 aromatic heterocycles. The number of methoxy groups -OCH3 is 1. The van der Waals surface area contributed by atoms with Gasteiger partial charge in [-0.1, -0.05) is 47.6 Å².